The second kappa shape index (κ2) is 11.9. The zero-order chi connectivity index (χ0) is 30.1. The summed E-state index contributed by atoms with van der Waals surface area (Å²) < 4.78 is 0. The van der Waals surface area contributed by atoms with Crippen LogP contribution in [0.15, 0.2) is 103 Å². The fourth-order valence-corrected chi connectivity index (χ4v) is 6.26. The molecule has 0 radical (unpaired) electrons. The van der Waals surface area contributed by atoms with Gasteiger partial charge in [0, 0.05) is 28.9 Å². The SMILES string of the molecule is Cc1cccc(C)c1NCc1ccc2ccccc2c1-c1ccc2cccc(Nc3c(C(C)C)cccc3C(C)C)c2n1. The highest BCUT2D eigenvalue weighted by Gasteiger charge is 2.17. The van der Waals surface area contributed by atoms with Crippen molar-refractivity contribution in [3.63, 3.8) is 0 Å². The average Bonchev–Trinajstić information content (AvgIpc) is 3.00. The number of anilines is 3. The molecule has 0 aliphatic carbocycles. The molecule has 1 aromatic heterocycles. The largest absolute Gasteiger partial charge is 0.381 e. The van der Waals surface area contributed by atoms with E-state index in [2.05, 4.69) is 155 Å². The second-order valence-electron chi connectivity index (χ2n) is 12.3. The lowest BCUT2D eigenvalue weighted by atomic mass is 9.92. The lowest BCUT2D eigenvalue weighted by Crippen LogP contribution is -2.06. The molecule has 0 saturated carbocycles. The van der Waals surface area contributed by atoms with Crippen molar-refractivity contribution in [1.82, 2.24) is 4.98 Å². The molecule has 0 bridgehead atoms. The van der Waals surface area contributed by atoms with E-state index in [1.54, 1.807) is 0 Å². The summed E-state index contributed by atoms with van der Waals surface area (Å²) in [5.74, 6) is 0.810. The first-order valence-corrected chi connectivity index (χ1v) is 15.4. The van der Waals surface area contributed by atoms with Crippen molar-refractivity contribution < 1.29 is 0 Å². The maximum atomic E-state index is 5.40. The highest BCUT2D eigenvalue weighted by Crippen LogP contribution is 2.38. The zero-order valence-corrected chi connectivity index (χ0v) is 26.1. The minimum Gasteiger partial charge on any atom is -0.381 e. The van der Waals surface area contributed by atoms with Crippen LogP contribution >= 0.6 is 0 Å². The molecule has 216 valence electrons. The monoisotopic (exact) mass is 563 g/mol. The van der Waals surface area contributed by atoms with Crippen LogP contribution in [0.3, 0.4) is 0 Å². The first-order valence-electron chi connectivity index (χ1n) is 15.4. The number of fused-ring (bicyclic) bond motifs is 2. The van der Waals surface area contributed by atoms with Crippen LogP contribution < -0.4 is 10.6 Å². The van der Waals surface area contributed by atoms with Gasteiger partial charge in [-0.1, -0.05) is 119 Å². The van der Waals surface area contributed by atoms with Crippen LogP contribution in [0, 0.1) is 13.8 Å². The Morgan fingerprint density at radius 1 is 0.605 bits per heavy atom. The van der Waals surface area contributed by atoms with E-state index in [0.717, 1.165) is 22.3 Å². The third-order valence-corrected chi connectivity index (χ3v) is 8.56. The van der Waals surface area contributed by atoms with E-state index in [0.29, 0.717) is 18.4 Å². The lowest BCUT2D eigenvalue weighted by Gasteiger charge is -2.22. The standard InChI is InChI=1S/C40H41N3/c1-25(2)32-17-11-18-33(26(3)4)40(32)43-36-19-10-15-30-22-23-35(42-39(30)36)37-31(21-20-29-14-7-8-16-34(29)37)24-41-38-27(5)12-9-13-28(38)6/h7-23,25-26,41,43H,24H2,1-6H3. The maximum absolute atomic E-state index is 5.40. The van der Waals surface area contributed by atoms with Crippen molar-refractivity contribution in [3.8, 4) is 11.3 Å². The van der Waals surface area contributed by atoms with Crippen molar-refractivity contribution in [2.24, 2.45) is 0 Å². The third-order valence-electron chi connectivity index (χ3n) is 8.56. The van der Waals surface area contributed by atoms with Crippen LogP contribution in [0.25, 0.3) is 32.9 Å². The number of hydrogen-bond donors (Lipinski definition) is 2. The predicted molar refractivity (Wildman–Crippen MR) is 186 cm³/mol. The van der Waals surface area contributed by atoms with Crippen molar-refractivity contribution in [1.29, 1.82) is 0 Å². The summed E-state index contributed by atoms with van der Waals surface area (Å²) in [5.41, 5.74) is 13.0. The number of nitrogens with one attached hydrogen (secondary N) is 2. The molecule has 1 heterocycles. The zero-order valence-electron chi connectivity index (χ0n) is 26.1. The Hall–Kier alpha value is -4.63. The van der Waals surface area contributed by atoms with Gasteiger partial charge in [0.15, 0.2) is 0 Å². The molecule has 0 spiro atoms. The van der Waals surface area contributed by atoms with Crippen LogP contribution in [0.1, 0.15) is 67.3 Å². The Labute approximate surface area is 256 Å². The summed E-state index contributed by atoms with van der Waals surface area (Å²) >= 11 is 0. The Kier molecular flexibility index (Phi) is 7.90. The molecule has 0 atom stereocenters. The molecule has 3 heteroatoms. The van der Waals surface area contributed by atoms with Gasteiger partial charge in [-0.3, -0.25) is 0 Å². The summed E-state index contributed by atoms with van der Waals surface area (Å²) in [6.07, 6.45) is 0. The lowest BCUT2D eigenvalue weighted by molar-refractivity contribution is 0.838. The molecule has 0 saturated heterocycles. The smallest absolute Gasteiger partial charge is 0.0944 e. The van der Waals surface area contributed by atoms with E-state index in [4.69, 9.17) is 4.98 Å². The Bertz CT molecular complexity index is 1890. The molecule has 0 aliphatic rings. The number of benzene rings is 5. The summed E-state index contributed by atoms with van der Waals surface area (Å²) in [5, 5.41) is 11.2. The fraction of sp³-hybridized carbons (Fsp3) is 0.225. The van der Waals surface area contributed by atoms with Gasteiger partial charge in [-0.05, 0) is 76.4 Å². The number of para-hydroxylation sites is 3. The summed E-state index contributed by atoms with van der Waals surface area (Å²) in [4.78, 5) is 5.40. The molecule has 2 N–H and O–H groups in total. The van der Waals surface area contributed by atoms with Crippen molar-refractivity contribution in [2.75, 3.05) is 10.6 Å². The minimum atomic E-state index is 0.405. The van der Waals surface area contributed by atoms with Gasteiger partial charge in [-0.2, -0.15) is 0 Å². The number of aryl methyl sites for hydroxylation is 2. The number of aromatic nitrogens is 1. The van der Waals surface area contributed by atoms with Gasteiger partial charge in [0.05, 0.1) is 16.9 Å². The van der Waals surface area contributed by atoms with Crippen LogP contribution in [0.4, 0.5) is 17.1 Å². The molecule has 3 nitrogen and oxygen atoms in total. The molecule has 43 heavy (non-hydrogen) atoms. The molecule has 5 aromatic carbocycles. The topological polar surface area (TPSA) is 37.0 Å². The Morgan fingerprint density at radius 3 is 1.95 bits per heavy atom. The number of hydrogen-bond acceptors (Lipinski definition) is 3. The molecule has 0 aliphatic heterocycles. The van der Waals surface area contributed by atoms with E-state index >= 15 is 0 Å². The molecule has 0 amide bonds. The quantitative estimate of drug-likeness (QED) is 0.193. The summed E-state index contributed by atoms with van der Waals surface area (Å²) in [6, 6.07) is 37.1. The molecular weight excluding hydrogens is 522 g/mol. The average molecular weight is 564 g/mol. The minimum absolute atomic E-state index is 0.405. The number of nitrogens with zero attached hydrogens (tertiary/aromatic N) is 1. The Balaban J connectivity index is 1.49. The van der Waals surface area contributed by atoms with E-state index in [-0.39, 0.29) is 0 Å². The number of rotatable bonds is 8. The molecule has 0 fully saturated rings. The first kappa shape index (κ1) is 28.5. The molecule has 0 unspecified atom stereocenters. The van der Waals surface area contributed by atoms with Gasteiger partial charge >= 0.3 is 0 Å². The van der Waals surface area contributed by atoms with E-state index in [9.17, 15) is 0 Å². The highest BCUT2D eigenvalue weighted by molar-refractivity contribution is 6.00. The highest BCUT2D eigenvalue weighted by atomic mass is 14.9. The van der Waals surface area contributed by atoms with Crippen molar-refractivity contribution in [2.45, 2.75) is 59.9 Å². The summed E-state index contributed by atoms with van der Waals surface area (Å²) in [6.45, 7) is 14.1. The number of pyridine rings is 1. The van der Waals surface area contributed by atoms with Crippen LogP contribution in [-0.2, 0) is 6.54 Å². The van der Waals surface area contributed by atoms with Crippen LogP contribution in [0.2, 0.25) is 0 Å². The predicted octanol–water partition coefficient (Wildman–Crippen LogP) is 11.3. The van der Waals surface area contributed by atoms with Gasteiger partial charge in [0.25, 0.3) is 0 Å². The van der Waals surface area contributed by atoms with E-state index < -0.39 is 0 Å². The molecular formula is C40H41N3. The third kappa shape index (κ3) is 5.60. The van der Waals surface area contributed by atoms with E-state index in [1.807, 2.05) is 0 Å². The maximum Gasteiger partial charge on any atom is 0.0944 e. The Morgan fingerprint density at radius 2 is 1.23 bits per heavy atom. The second-order valence-corrected chi connectivity index (χ2v) is 12.3. The van der Waals surface area contributed by atoms with Crippen LogP contribution in [0.5, 0.6) is 0 Å². The normalized spacial score (nSPS) is 11.5. The first-order chi connectivity index (χ1) is 20.8. The molecule has 6 rings (SSSR count). The van der Waals surface area contributed by atoms with Crippen molar-refractivity contribution >= 4 is 38.7 Å². The van der Waals surface area contributed by atoms with Crippen LogP contribution in [-0.4, -0.2) is 4.98 Å². The van der Waals surface area contributed by atoms with Gasteiger partial charge in [-0.25, -0.2) is 4.98 Å². The van der Waals surface area contributed by atoms with Crippen molar-refractivity contribution in [3.05, 3.63) is 131 Å². The van der Waals surface area contributed by atoms with E-state index in [1.165, 1.54) is 55.5 Å². The molecule has 6 aromatic rings. The summed E-state index contributed by atoms with van der Waals surface area (Å²) in [7, 11) is 0. The fourth-order valence-electron chi connectivity index (χ4n) is 6.26. The van der Waals surface area contributed by atoms with Gasteiger partial charge in [-0.15, -0.1) is 0 Å². The van der Waals surface area contributed by atoms with Gasteiger partial charge in [0.2, 0.25) is 0 Å². The van der Waals surface area contributed by atoms with Gasteiger partial charge < -0.3 is 10.6 Å². The van der Waals surface area contributed by atoms with Gasteiger partial charge in [0.1, 0.15) is 0 Å².